The van der Waals surface area contributed by atoms with E-state index in [0.29, 0.717) is 6.04 Å². The maximum absolute atomic E-state index is 10.6. The van der Waals surface area contributed by atoms with Gasteiger partial charge in [0.2, 0.25) is 5.91 Å². The van der Waals surface area contributed by atoms with Crippen LogP contribution >= 0.6 is 0 Å². The monoisotopic (exact) mass is 171 g/mol. The lowest BCUT2D eigenvalue weighted by molar-refractivity contribution is -0.119. The molecule has 0 aliphatic rings. The van der Waals surface area contributed by atoms with Crippen LogP contribution in [0.15, 0.2) is 0 Å². The van der Waals surface area contributed by atoms with Crippen molar-refractivity contribution in [3.63, 3.8) is 0 Å². The van der Waals surface area contributed by atoms with Gasteiger partial charge in [-0.25, -0.2) is 0 Å². The molecule has 0 unspecified atom stereocenters. The highest BCUT2D eigenvalue weighted by molar-refractivity contribution is 5.73. The summed E-state index contributed by atoms with van der Waals surface area (Å²) in [5, 5.41) is 2.88. The molecule has 0 saturated carbocycles. The van der Waals surface area contributed by atoms with Crippen LogP contribution in [-0.2, 0) is 4.79 Å². The van der Waals surface area contributed by atoms with Gasteiger partial charge in [-0.15, -0.1) is 0 Å². The molecule has 0 aromatic carbocycles. The molecule has 1 amide bonds. The Kier molecular flexibility index (Phi) is 6.82. The molecule has 2 nitrogen and oxygen atoms in total. The van der Waals surface area contributed by atoms with Crippen molar-refractivity contribution in [1.29, 1.82) is 0 Å². The lowest BCUT2D eigenvalue weighted by Crippen LogP contribution is -2.30. The first kappa shape index (κ1) is 11.5. The Labute approximate surface area is 75.7 Å². The number of carbonyl (C=O) groups is 1. The molecule has 1 N–H and O–H groups in total. The zero-order valence-corrected chi connectivity index (χ0v) is 8.52. The van der Waals surface area contributed by atoms with Crippen molar-refractivity contribution in [1.82, 2.24) is 5.32 Å². The second kappa shape index (κ2) is 7.14. The van der Waals surface area contributed by atoms with Crippen LogP contribution in [0.2, 0.25) is 0 Å². The summed E-state index contributed by atoms with van der Waals surface area (Å²) in [5.41, 5.74) is 0. The highest BCUT2D eigenvalue weighted by Gasteiger charge is 2.01. The van der Waals surface area contributed by atoms with E-state index >= 15 is 0 Å². The summed E-state index contributed by atoms with van der Waals surface area (Å²) in [6.07, 6.45) is 6.22. The van der Waals surface area contributed by atoms with Crippen molar-refractivity contribution in [2.24, 2.45) is 0 Å². The number of rotatable bonds is 6. The molecule has 2 heteroatoms. The molecule has 1 atom stereocenters. The average molecular weight is 171 g/mol. The van der Waals surface area contributed by atoms with Gasteiger partial charge in [-0.1, -0.05) is 32.6 Å². The highest BCUT2D eigenvalue weighted by Crippen LogP contribution is 2.04. The number of unbranched alkanes of at least 4 members (excludes halogenated alkanes) is 3. The zero-order valence-electron chi connectivity index (χ0n) is 8.52. The average Bonchev–Trinajstić information content (AvgIpc) is 1.97. The van der Waals surface area contributed by atoms with E-state index in [9.17, 15) is 4.79 Å². The van der Waals surface area contributed by atoms with E-state index in [0.717, 1.165) is 6.42 Å². The summed E-state index contributed by atoms with van der Waals surface area (Å²) in [7, 11) is 0. The minimum Gasteiger partial charge on any atom is -0.354 e. The predicted molar refractivity (Wildman–Crippen MR) is 52.0 cm³/mol. The van der Waals surface area contributed by atoms with Gasteiger partial charge in [-0.3, -0.25) is 4.79 Å². The number of nitrogens with one attached hydrogen (secondary N) is 1. The number of carbonyl (C=O) groups excluding carboxylic acids is 1. The van der Waals surface area contributed by atoms with Gasteiger partial charge in [-0.05, 0) is 13.3 Å². The van der Waals surface area contributed by atoms with Crippen LogP contribution in [0, 0.1) is 0 Å². The summed E-state index contributed by atoms with van der Waals surface area (Å²) in [4.78, 5) is 10.6. The van der Waals surface area contributed by atoms with Gasteiger partial charge >= 0.3 is 0 Å². The standard InChI is InChI=1S/C10H21NO/c1-4-5-6-7-8-9(2)11-10(3)12/h9H,4-8H2,1-3H3,(H,11,12)/t9-/m1/s1. The second-order valence-corrected chi connectivity index (χ2v) is 3.45. The maximum atomic E-state index is 10.6. The summed E-state index contributed by atoms with van der Waals surface area (Å²) in [6, 6.07) is 0.347. The lowest BCUT2D eigenvalue weighted by atomic mass is 10.1. The summed E-state index contributed by atoms with van der Waals surface area (Å²) < 4.78 is 0. The van der Waals surface area contributed by atoms with Gasteiger partial charge < -0.3 is 5.32 Å². The van der Waals surface area contributed by atoms with Gasteiger partial charge in [0.05, 0.1) is 0 Å². The van der Waals surface area contributed by atoms with Crippen LogP contribution in [-0.4, -0.2) is 11.9 Å². The van der Waals surface area contributed by atoms with Crippen molar-refractivity contribution in [2.75, 3.05) is 0 Å². The van der Waals surface area contributed by atoms with Crippen LogP contribution in [0.1, 0.15) is 52.9 Å². The van der Waals surface area contributed by atoms with Crippen molar-refractivity contribution in [2.45, 2.75) is 58.9 Å². The van der Waals surface area contributed by atoms with Crippen LogP contribution in [0.4, 0.5) is 0 Å². The highest BCUT2D eigenvalue weighted by atomic mass is 16.1. The topological polar surface area (TPSA) is 29.1 Å². The maximum Gasteiger partial charge on any atom is 0.217 e. The molecule has 0 rings (SSSR count). The molecule has 0 spiro atoms. The molecule has 0 aromatic heterocycles. The Hall–Kier alpha value is -0.530. The summed E-state index contributed by atoms with van der Waals surface area (Å²) >= 11 is 0. The Morgan fingerprint density at radius 2 is 2.00 bits per heavy atom. The predicted octanol–water partition coefficient (Wildman–Crippen LogP) is 2.48. The van der Waals surface area contributed by atoms with Crippen molar-refractivity contribution in [3.05, 3.63) is 0 Å². The second-order valence-electron chi connectivity index (χ2n) is 3.45. The number of hydrogen-bond acceptors (Lipinski definition) is 1. The Morgan fingerprint density at radius 3 is 2.50 bits per heavy atom. The molecular formula is C10H21NO. The van der Waals surface area contributed by atoms with Gasteiger partial charge in [0.25, 0.3) is 0 Å². The van der Waals surface area contributed by atoms with Crippen LogP contribution in [0.3, 0.4) is 0 Å². The Bertz CT molecular complexity index is 123. The van der Waals surface area contributed by atoms with Crippen LogP contribution in [0.25, 0.3) is 0 Å². The zero-order chi connectivity index (χ0) is 9.40. The van der Waals surface area contributed by atoms with E-state index in [1.165, 1.54) is 25.7 Å². The first-order valence-electron chi connectivity index (χ1n) is 4.94. The molecule has 0 saturated heterocycles. The van der Waals surface area contributed by atoms with Crippen LogP contribution in [0.5, 0.6) is 0 Å². The SMILES string of the molecule is CCCCCC[C@@H](C)NC(C)=O. The van der Waals surface area contributed by atoms with Crippen LogP contribution < -0.4 is 5.32 Å². The largest absolute Gasteiger partial charge is 0.354 e. The molecule has 0 aromatic rings. The third-order valence-electron chi connectivity index (χ3n) is 1.94. The quantitative estimate of drug-likeness (QED) is 0.611. The van der Waals surface area contributed by atoms with Gasteiger partial charge in [0.1, 0.15) is 0 Å². The fourth-order valence-corrected chi connectivity index (χ4v) is 1.30. The molecule has 0 aliphatic heterocycles. The van der Waals surface area contributed by atoms with E-state index < -0.39 is 0 Å². The number of amides is 1. The lowest BCUT2D eigenvalue weighted by Gasteiger charge is -2.11. The molecule has 0 bridgehead atoms. The van der Waals surface area contributed by atoms with Gasteiger partial charge in [0, 0.05) is 13.0 Å². The molecule has 0 radical (unpaired) electrons. The third kappa shape index (κ3) is 7.58. The van der Waals surface area contributed by atoms with Crippen molar-refractivity contribution < 1.29 is 4.79 Å². The number of hydrogen-bond donors (Lipinski definition) is 1. The van der Waals surface area contributed by atoms with Gasteiger partial charge in [-0.2, -0.15) is 0 Å². The molecular weight excluding hydrogens is 150 g/mol. The van der Waals surface area contributed by atoms with E-state index in [-0.39, 0.29) is 5.91 Å². The first-order valence-corrected chi connectivity index (χ1v) is 4.94. The third-order valence-corrected chi connectivity index (χ3v) is 1.94. The van der Waals surface area contributed by atoms with E-state index in [4.69, 9.17) is 0 Å². The molecule has 0 heterocycles. The summed E-state index contributed by atoms with van der Waals surface area (Å²) in [5.74, 6) is 0.0815. The Balaban J connectivity index is 3.19. The van der Waals surface area contributed by atoms with E-state index in [1.54, 1.807) is 6.92 Å². The van der Waals surface area contributed by atoms with Gasteiger partial charge in [0.15, 0.2) is 0 Å². The Morgan fingerprint density at radius 1 is 1.33 bits per heavy atom. The first-order chi connectivity index (χ1) is 5.66. The molecule has 72 valence electrons. The van der Waals surface area contributed by atoms with E-state index in [2.05, 4.69) is 19.2 Å². The molecule has 0 fully saturated rings. The fraction of sp³-hybridized carbons (Fsp3) is 0.900. The summed E-state index contributed by atoms with van der Waals surface area (Å²) in [6.45, 7) is 5.84. The van der Waals surface area contributed by atoms with Crippen molar-refractivity contribution >= 4 is 5.91 Å². The van der Waals surface area contributed by atoms with E-state index in [1.807, 2.05) is 0 Å². The normalized spacial score (nSPS) is 12.6. The molecule has 12 heavy (non-hydrogen) atoms. The smallest absolute Gasteiger partial charge is 0.217 e. The fourth-order valence-electron chi connectivity index (χ4n) is 1.30. The van der Waals surface area contributed by atoms with Crippen molar-refractivity contribution in [3.8, 4) is 0 Å². The minimum atomic E-state index is 0.0815. The minimum absolute atomic E-state index is 0.0815. The molecule has 0 aliphatic carbocycles.